The topological polar surface area (TPSA) is 38.4 Å². The van der Waals surface area contributed by atoms with E-state index in [1.54, 1.807) is 0 Å². The van der Waals surface area contributed by atoms with E-state index in [9.17, 15) is 0 Å². The highest BCUT2D eigenvalue weighted by Crippen LogP contribution is 2.01. The second-order valence-electron chi connectivity index (χ2n) is 2.55. The van der Waals surface area contributed by atoms with E-state index in [0.29, 0.717) is 0 Å². The first-order valence-electron chi connectivity index (χ1n) is 4.10. The summed E-state index contributed by atoms with van der Waals surface area (Å²) in [6, 6.07) is 0. The van der Waals surface area contributed by atoms with Gasteiger partial charge in [-0.2, -0.15) is 5.10 Å². The van der Waals surface area contributed by atoms with Crippen LogP contribution >= 0.6 is 0 Å². The SMILES string of the molecule is CCCCC(CCC)=NN. The molecule has 0 aromatic rings. The minimum Gasteiger partial charge on any atom is -0.323 e. The van der Waals surface area contributed by atoms with Gasteiger partial charge in [-0.05, 0) is 19.3 Å². The molecule has 0 saturated heterocycles. The van der Waals surface area contributed by atoms with Gasteiger partial charge in [0.15, 0.2) is 0 Å². The van der Waals surface area contributed by atoms with Gasteiger partial charge in [0.1, 0.15) is 0 Å². The lowest BCUT2D eigenvalue weighted by Crippen LogP contribution is -2.01. The maximum absolute atomic E-state index is 5.19. The predicted octanol–water partition coefficient (Wildman–Crippen LogP) is 2.29. The van der Waals surface area contributed by atoms with Crippen LogP contribution in [0.3, 0.4) is 0 Å². The van der Waals surface area contributed by atoms with Crippen molar-refractivity contribution < 1.29 is 0 Å². The highest BCUT2D eigenvalue weighted by molar-refractivity contribution is 5.84. The molecule has 2 nitrogen and oxygen atoms in total. The highest BCUT2D eigenvalue weighted by Gasteiger charge is 1.95. The van der Waals surface area contributed by atoms with E-state index in [-0.39, 0.29) is 0 Å². The Labute approximate surface area is 63.5 Å². The molecule has 0 aliphatic heterocycles. The van der Waals surface area contributed by atoms with Gasteiger partial charge < -0.3 is 5.84 Å². The molecule has 0 radical (unpaired) electrons. The molecule has 0 amide bonds. The quantitative estimate of drug-likeness (QED) is 0.357. The van der Waals surface area contributed by atoms with E-state index < -0.39 is 0 Å². The molecule has 0 rings (SSSR count). The molecule has 0 fully saturated rings. The number of unbranched alkanes of at least 4 members (excludes halogenated alkanes) is 1. The lowest BCUT2D eigenvalue weighted by molar-refractivity contribution is 0.811. The van der Waals surface area contributed by atoms with Gasteiger partial charge in [0, 0.05) is 5.71 Å². The molecule has 0 atom stereocenters. The molecule has 2 N–H and O–H groups in total. The van der Waals surface area contributed by atoms with Crippen molar-refractivity contribution in [3.05, 3.63) is 0 Å². The van der Waals surface area contributed by atoms with Gasteiger partial charge in [0.2, 0.25) is 0 Å². The van der Waals surface area contributed by atoms with Crippen molar-refractivity contribution >= 4 is 5.71 Å². The molecule has 0 aromatic heterocycles. The first-order chi connectivity index (χ1) is 4.85. The molecule has 0 aliphatic rings. The van der Waals surface area contributed by atoms with Gasteiger partial charge >= 0.3 is 0 Å². The third kappa shape index (κ3) is 4.36. The van der Waals surface area contributed by atoms with E-state index in [1.807, 2.05) is 0 Å². The molecule has 0 saturated carbocycles. The fourth-order valence-corrected chi connectivity index (χ4v) is 0.924. The second-order valence-corrected chi connectivity index (χ2v) is 2.55. The molecular formula is C8H18N2. The van der Waals surface area contributed by atoms with Gasteiger partial charge in [-0.1, -0.05) is 26.7 Å². The maximum Gasteiger partial charge on any atom is 0.0375 e. The lowest BCUT2D eigenvalue weighted by Gasteiger charge is -2.00. The third-order valence-electron chi connectivity index (χ3n) is 1.54. The van der Waals surface area contributed by atoms with Crippen LogP contribution in [0.1, 0.15) is 46.0 Å². The number of hydrazone groups is 1. The average Bonchev–Trinajstić information content (AvgIpc) is 1.98. The van der Waals surface area contributed by atoms with Crippen LogP contribution in [0.2, 0.25) is 0 Å². The zero-order valence-corrected chi connectivity index (χ0v) is 7.06. The number of hydrogen-bond acceptors (Lipinski definition) is 2. The van der Waals surface area contributed by atoms with Crippen LogP contribution < -0.4 is 5.84 Å². The molecule has 0 heterocycles. The molecule has 0 spiro atoms. The first kappa shape index (κ1) is 9.47. The Bertz CT molecular complexity index is 97.4. The Morgan fingerprint density at radius 1 is 1.20 bits per heavy atom. The lowest BCUT2D eigenvalue weighted by atomic mass is 10.1. The van der Waals surface area contributed by atoms with Crippen LogP contribution in [0, 0.1) is 0 Å². The van der Waals surface area contributed by atoms with E-state index in [0.717, 1.165) is 19.3 Å². The van der Waals surface area contributed by atoms with Crippen molar-refractivity contribution in [2.24, 2.45) is 10.9 Å². The Morgan fingerprint density at radius 3 is 2.30 bits per heavy atom. The van der Waals surface area contributed by atoms with Crippen molar-refractivity contribution in [2.45, 2.75) is 46.0 Å². The monoisotopic (exact) mass is 142 g/mol. The van der Waals surface area contributed by atoms with E-state index >= 15 is 0 Å². The zero-order valence-electron chi connectivity index (χ0n) is 7.06. The Morgan fingerprint density at radius 2 is 1.90 bits per heavy atom. The van der Waals surface area contributed by atoms with Gasteiger partial charge in [-0.25, -0.2) is 0 Å². The molecule has 60 valence electrons. The number of hydrogen-bond donors (Lipinski definition) is 1. The smallest absolute Gasteiger partial charge is 0.0375 e. The highest BCUT2D eigenvalue weighted by atomic mass is 15.1. The summed E-state index contributed by atoms with van der Waals surface area (Å²) in [6.07, 6.45) is 5.75. The van der Waals surface area contributed by atoms with Crippen LogP contribution in [0.25, 0.3) is 0 Å². The summed E-state index contributed by atoms with van der Waals surface area (Å²) in [6.45, 7) is 4.33. The Kier molecular flexibility index (Phi) is 6.24. The largest absolute Gasteiger partial charge is 0.323 e. The van der Waals surface area contributed by atoms with Gasteiger partial charge in [-0.3, -0.25) is 0 Å². The van der Waals surface area contributed by atoms with E-state index in [1.165, 1.54) is 18.6 Å². The minimum atomic E-state index is 1.07. The molecule has 0 aromatic carbocycles. The summed E-state index contributed by atoms with van der Waals surface area (Å²) in [4.78, 5) is 0. The summed E-state index contributed by atoms with van der Waals surface area (Å²) >= 11 is 0. The average molecular weight is 142 g/mol. The molecule has 10 heavy (non-hydrogen) atoms. The van der Waals surface area contributed by atoms with Crippen LogP contribution in [-0.2, 0) is 0 Å². The van der Waals surface area contributed by atoms with E-state index in [4.69, 9.17) is 5.84 Å². The fourth-order valence-electron chi connectivity index (χ4n) is 0.924. The summed E-state index contributed by atoms with van der Waals surface area (Å²) in [7, 11) is 0. The third-order valence-corrected chi connectivity index (χ3v) is 1.54. The van der Waals surface area contributed by atoms with Crippen molar-refractivity contribution in [1.29, 1.82) is 0 Å². The van der Waals surface area contributed by atoms with Crippen LogP contribution in [-0.4, -0.2) is 5.71 Å². The summed E-state index contributed by atoms with van der Waals surface area (Å²) in [5.41, 5.74) is 1.17. The minimum absolute atomic E-state index is 1.07. The molecular weight excluding hydrogens is 124 g/mol. The number of nitrogens with two attached hydrogens (primary N) is 1. The molecule has 0 bridgehead atoms. The normalized spacial score (nSPS) is 12.0. The van der Waals surface area contributed by atoms with Gasteiger partial charge in [0.05, 0.1) is 0 Å². The summed E-state index contributed by atoms with van der Waals surface area (Å²) in [5, 5.41) is 3.73. The molecule has 0 unspecified atom stereocenters. The molecule has 2 heteroatoms. The summed E-state index contributed by atoms with van der Waals surface area (Å²) in [5.74, 6) is 5.19. The van der Waals surface area contributed by atoms with Crippen molar-refractivity contribution in [3.8, 4) is 0 Å². The maximum atomic E-state index is 5.19. The Balaban J connectivity index is 3.41. The standard InChI is InChI=1S/C8H18N2/c1-3-5-7-8(10-9)6-4-2/h3-7,9H2,1-2H3. The predicted molar refractivity (Wildman–Crippen MR) is 46.1 cm³/mol. The van der Waals surface area contributed by atoms with Crippen LogP contribution in [0.15, 0.2) is 5.10 Å². The van der Waals surface area contributed by atoms with Crippen molar-refractivity contribution in [2.75, 3.05) is 0 Å². The van der Waals surface area contributed by atoms with Gasteiger partial charge in [-0.15, -0.1) is 0 Å². The Hall–Kier alpha value is -0.530. The fraction of sp³-hybridized carbons (Fsp3) is 0.875. The van der Waals surface area contributed by atoms with Crippen molar-refractivity contribution in [3.63, 3.8) is 0 Å². The number of nitrogens with zero attached hydrogens (tertiary/aromatic N) is 1. The molecule has 0 aliphatic carbocycles. The zero-order chi connectivity index (χ0) is 7.82. The number of rotatable bonds is 5. The second kappa shape index (κ2) is 6.59. The van der Waals surface area contributed by atoms with Gasteiger partial charge in [0.25, 0.3) is 0 Å². The van der Waals surface area contributed by atoms with Crippen LogP contribution in [0.5, 0.6) is 0 Å². The van der Waals surface area contributed by atoms with E-state index in [2.05, 4.69) is 18.9 Å². The summed E-state index contributed by atoms with van der Waals surface area (Å²) < 4.78 is 0. The first-order valence-corrected chi connectivity index (χ1v) is 4.10. The van der Waals surface area contributed by atoms with Crippen LogP contribution in [0.4, 0.5) is 0 Å². The van der Waals surface area contributed by atoms with Crippen molar-refractivity contribution in [1.82, 2.24) is 0 Å².